The van der Waals surface area contributed by atoms with Crippen molar-refractivity contribution >= 4 is 22.4 Å². The molecule has 3 rings (SSSR count). The van der Waals surface area contributed by atoms with Gasteiger partial charge in [0.2, 0.25) is 0 Å². The van der Waals surface area contributed by atoms with Crippen molar-refractivity contribution in [1.29, 1.82) is 0 Å². The monoisotopic (exact) mass is 272 g/mol. The zero-order valence-corrected chi connectivity index (χ0v) is 11.6. The van der Waals surface area contributed by atoms with Crippen molar-refractivity contribution in [3.63, 3.8) is 0 Å². The fourth-order valence-corrected chi connectivity index (χ4v) is 2.92. The molecule has 3 aromatic rings. The Morgan fingerprint density at radius 3 is 3.00 bits per heavy atom. The van der Waals surface area contributed by atoms with E-state index in [9.17, 15) is 0 Å². The lowest BCUT2D eigenvalue weighted by molar-refractivity contribution is 0.936. The average molecular weight is 272 g/mol. The smallest absolute Gasteiger partial charge is 0.123 e. The number of thiazole rings is 1. The maximum atomic E-state index is 5.55. The van der Waals surface area contributed by atoms with Crippen molar-refractivity contribution in [3.05, 3.63) is 35.1 Å². The topological polar surface area (TPSA) is 67.6 Å². The van der Waals surface area contributed by atoms with Gasteiger partial charge in [-0.1, -0.05) is 6.92 Å². The van der Waals surface area contributed by atoms with Crippen molar-refractivity contribution in [2.75, 3.05) is 6.54 Å². The van der Waals surface area contributed by atoms with Gasteiger partial charge in [0.1, 0.15) is 10.8 Å². The molecule has 2 heterocycles. The molecule has 0 atom stereocenters. The van der Waals surface area contributed by atoms with E-state index in [0.717, 1.165) is 46.0 Å². The van der Waals surface area contributed by atoms with Gasteiger partial charge < -0.3 is 10.7 Å². The fourth-order valence-electron chi connectivity index (χ4n) is 2.07. The molecule has 2 aromatic heterocycles. The number of aryl methyl sites for hydroxylation is 1. The zero-order valence-electron chi connectivity index (χ0n) is 10.8. The van der Waals surface area contributed by atoms with E-state index < -0.39 is 0 Å². The Balaban J connectivity index is 1.99. The normalized spacial score (nSPS) is 11.3. The number of nitrogens with two attached hydrogens (primary N) is 1. The molecule has 0 aliphatic rings. The second kappa shape index (κ2) is 5.11. The van der Waals surface area contributed by atoms with E-state index in [4.69, 9.17) is 5.73 Å². The molecule has 0 aliphatic carbocycles. The maximum Gasteiger partial charge on any atom is 0.123 e. The fraction of sp³-hybridized carbons (Fsp3) is 0.286. The Kier molecular flexibility index (Phi) is 3.31. The lowest BCUT2D eigenvalue weighted by Gasteiger charge is -1.96. The Labute approximate surface area is 115 Å². The van der Waals surface area contributed by atoms with E-state index in [1.807, 2.05) is 6.07 Å². The molecule has 98 valence electrons. The molecule has 0 bridgehead atoms. The van der Waals surface area contributed by atoms with Crippen LogP contribution in [0.3, 0.4) is 0 Å². The molecule has 3 N–H and O–H groups in total. The van der Waals surface area contributed by atoms with Gasteiger partial charge in [-0.15, -0.1) is 11.3 Å². The highest BCUT2D eigenvalue weighted by Crippen LogP contribution is 2.26. The van der Waals surface area contributed by atoms with Crippen LogP contribution in [0.1, 0.15) is 18.4 Å². The number of benzene rings is 1. The highest BCUT2D eigenvalue weighted by molar-refractivity contribution is 7.13. The van der Waals surface area contributed by atoms with Gasteiger partial charge in [0.15, 0.2) is 0 Å². The van der Waals surface area contributed by atoms with Crippen LogP contribution in [-0.2, 0) is 12.8 Å². The number of nitrogens with one attached hydrogen (secondary N) is 1. The summed E-state index contributed by atoms with van der Waals surface area (Å²) in [7, 11) is 0. The molecule has 1 aromatic carbocycles. The molecule has 0 saturated heterocycles. The number of rotatable bonds is 4. The van der Waals surface area contributed by atoms with Gasteiger partial charge in [-0.25, -0.2) is 9.97 Å². The van der Waals surface area contributed by atoms with Crippen LogP contribution >= 0.6 is 11.3 Å². The number of fused-ring (bicyclic) bond motifs is 1. The van der Waals surface area contributed by atoms with Gasteiger partial charge in [-0.3, -0.25) is 0 Å². The van der Waals surface area contributed by atoms with Crippen LogP contribution in [0.25, 0.3) is 21.6 Å². The minimum atomic E-state index is 0.641. The van der Waals surface area contributed by atoms with Crippen LogP contribution in [0.4, 0.5) is 0 Å². The number of aromatic amines is 1. The van der Waals surface area contributed by atoms with Gasteiger partial charge in [-0.05, 0) is 24.7 Å². The molecule has 0 radical (unpaired) electrons. The number of imidazole rings is 1. The largest absolute Gasteiger partial charge is 0.342 e. The third-order valence-corrected chi connectivity index (χ3v) is 4.01. The summed E-state index contributed by atoms with van der Waals surface area (Å²) < 4.78 is 0. The molecule has 0 saturated carbocycles. The standard InChI is InChI=1S/C14H16N4S/c1-2-13-17-11-4-3-9(7-12(11)18-13)14-16-10(5-6-15)8-19-14/h3-4,7-8H,2,5-6,15H2,1H3,(H,17,18). The minimum absolute atomic E-state index is 0.641. The van der Waals surface area contributed by atoms with E-state index >= 15 is 0 Å². The molecule has 4 nitrogen and oxygen atoms in total. The highest BCUT2D eigenvalue weighted by Gasteiger charge is 2.07. The summed E-state index contributed by atoms with van der Waals surface area (Å²) in [6.07, 6.45) is 1.75. The molecular formula is C14H16N4S. The Bertz CT molecular complexity index is 698. The SMILES string of the molecule is CCc1nc2ccc(-c3nc(CCN)cs3)cc2[nH]1. The van der Waals surface area contributed by atoms with E-state index in [0.29, 0.717) is 6.54 Å². The summed E-state index contributed by atoms with van der Waals surface area (Å²) in [6, 6.07) is 6.24. The summed E-state index contributed by atoms with van der Waals surface area (Å²) in [5.41, 5.74) is 9.84. The van der Waals surface area contributed by atoms with Gasteiger partial charge in [0.25, 0.3) is 0 Å². The van der Waals surface area contributed by atoms with Crippen molar-refractivity contribution in [1.82, 2.24) is 15.0 Å². The first-order chi connectivity index (χ1) is 9.30. The summed E-state index contributed by atoms with van der Waals surface area (Å²) in [5, 5.41) is 3.12. The number of hydrogen-bond donors (Lipinski definition) is 2. The highest BCUT2D eigenvalue weighted by atomic mass is 32.1. The first-order valence-electron chi connectivity index (χ1n) is 6.43. The summed E-state index contributed by atoms with van der Waals surface area (Å²) in [4.78, 5) is 12.5. The van der Waals surface area contributed by atoms with Crippen molar-refractivity contribution in [3.8, 4) is 10.6 Å². The average Bonchev–Trinajstić information content (AvgIpc) is 3.03. The van der Waals surface area contributed by atoms with Crippen LogP contribution in [-0.4, -0.2) is 21.5 Å². The Morgan fingerprint density at radius 2 is 2.21 bits per heavy atom. The van der Waals surface area contributed by atoms with E-state index in [2.05, 4.69) is 39.4 Å². The molecule has 0 amide bonds. The summed E-state index contributed by atoms with van der Waals surface area (Å²) in [5.74, 6) is 1.02. The molecule has 0 fully saturated rings. The number of nitrogens with zero attached hydrogens (tertiary/aromatic N) is 2. The van der Waals surface area contributed by atoms with Gasteiger partial charge in [-0.2, -0.15) is 0 Å². The Morgan fingerprint density at radius 1 is 1.32 bits per heavy atom. The first-order valence-corrected chi connectivity index (χ1v) is 7.31. The summed E-state index contributed by atoms with van der Waals surface area (Å²) in [6.45, 7) is 2.74. The molecule has 0 aliphatic heterocycles. The van der Waals surface area contributed by atoms with Crippen molar-refractivity contribution < 1.29 is 0 Å². The molecule has 5 heteroatoms. The van der Waals surface area contributed by atoms with E-state index in [-0.39, 0.29) is 0 Å². The van der Waals surface area contributed by atoms with Crippen molar-refractivity contribution in [2.24, 2.45) is 5.73 Å². The van der Waals surface area contributed by atoms with Crippen LogP contribution < -0.4 is 5.73 Å². The third-order valence-electron chi connectivity index (χ3n) is 3.06. The van der Waals surface area contributed by atoms with Crippen LogP contribution in [0.5, 0.6) is 0 Å². The Hall–Kier alpha value is -1.72. The second-order valence-corrected chi connectivity index (χ2v) is 5.31. The predicted molar refractivity (Wildman–Crippen MR) is 79.3 cm³/mol. The van der Waals surface area contributed by atoms with E-state index in [1.165, 1.54) is 0 Å². The van der Waals surface area contributed by atoms with Crippen LogP contribution in [0, 0.1) is 0 Å². The molecule has 0 spiro atoms. The van der Waals surface area contributed by atoms with Gasteiger partial charge in [0.05, 0.1) is 16.7 Å². The van der Waals surface area contributed by atoms with Crippen LogP contribution in [0.15, 0.2) is 23.6 Å². The molecular weight excluding hydrogens is 256 g/mol. The van der Waals surface area contributed by atoms with Gasteiger partial charge >= 0.3 is 0 Å². The lowest BCUT2D eigenvalue weighted by Crippen LogP contribution is -2.02. The predicted octanol–water partition coefficient (Wildman–Crippen LogP) is 2.75. The summed E-state index contributed by atoms with van der Waals surface area (Å²) >= 11 is 1.66. The maximum absolute atomic E-state index is 5.55. The first kappa shape index (κ1) is 12.3. The quantitative estimate of drug-likeness (QED) is 0.767. The molecule has 0 unspecified atom stereocenters. The minimum Gasteiger partial charge on any atom is -0.342 e. The van der Waals surface area contributed by atoms with Gasteiger partial charge in [0, 0.05) is 23.8 Å². The lowest BCUT2D eigenvalue weighted by atomic mass is 10.2. The number of hydrogen-bond acceptors (Lipinski definition) is 4. The number of aromatic nitrogens is 3. The number of H-pyrrole nitrogens is 1. The van der Waals surface area contributed by atoms with Crippen molar-refractivity contribution in [2.45, 2.75) is 19.8 Å². The van der Waals surface area contributed by atoms with E-state index in [1.54, 1.807) is 11.3 Å². The third kappa shape index (κ3) is 2.39. The van der Waals surface area contributed by atoms with Crippen LogP contribution in [0.2, 0.25) is 0 Å². The molecule has 19 heavy (non-hydrogen) atoms. The second-order valence-electron chi connectivity index (χ2n) is 4.45. The zero-order chi connectivity index (χ0) is 13.2.